The van der Waals surface area contributed by atoms with Gasteiger partial charge in [-0.25, -0.2) is 4.79 Å². The Bertz CT molecular complexity index is 936. The molecule has 0 saturated carbocycles. The molecular weight excluding hydrogens is 344 g/mol. The second-order valence-electron chi connectivity index (χ2n) is 4.86. The maximum Gasteiger partial charge on any atom is 0.360 e. The van der Waals surface area contributed by atoms with Crippen LogP contribution >= 0.6 is 0 Å². The van der Waals surface area contributed by atoms with Crippen molar-refractivity contribution < 1.29 is 32.5 Å². The first kappa shape index (κ1) is 17.2. The Hall–Kier alpha value is -3.59. The van der Waals surface area contributed by atoms with E-state index in [0.29, 0.717) is 28.7 Å². The first-order valence-corrected chi connectivity index (χ1v) is 7.40. The Kier molecular flexibility index (Phi) is 5.30. The van der Waals surface area contributed by atoms with Crippen molar-refractivity contribution in [1.82, 2.24) is 10.3 Å². The van der Waals surface area contributed by atoms with E-state index < -0.39 is 5.97 Å². The molecule has 4 heterocycles. The van der Waals surface area contributed by atoms with Crippen molar-refractivity contribution in [3.63, 3.8) is 0 Å². The Morgan fingerprint density at radius 3 is 2.12 bits per heavy atom. The second kappa shape index (κ2) is 7.99. The van der Waals surface area contributed by atoms with Crippen LogP contribution in [0.5, 0.6) is 0 Å². The van der Waals surface area contributed by atoms with Crippen LogP contribution < -0.4 is 0 Å². The average Bonchev–Trinajstić information content (AvgIpc) is 3.46. The smallest absolute Gasteiger partial charge is 0.360 e. The predicted octanol–water partition coefficient (Wildman–Crippen LogP) is 3.15. The fourth-order valence-corrected chi connectivity index (χ4v) is 1.93. The topological polar surface area (TPSA) is 125 Å². The molecule has 0 fully saturated rings. The van der Waals surface area contributed by atoms with Gasteiger partial charge in [0.2, 0.25) is 11.5 Å². The molecule has 0 spiro atoms. The molecule has 134 valence electrons. The zero-order chi connectivity index (χ0) is 18.4. The number of esters is 1. The summed E-state index contributed by atoms with van der Waals surface area (Å²) in [6.45, 7) is -0.121. The molecule has 1 N–H and O–H groups in total. The Morgan fingerprint density at radius 2 is 1.62 bits per heavy atom. The normalized spacial score (nSPS) is 10.2. The number of carbonyl (C=O) groups excluding carboxylic acids is 1. The van der Waals surface area contributed by atoms with Crippen LogP contribution in [0.1, 0.15) is 16.2 Å². The molecule has 0 aliphatic rings. The summed E-state index contributed by atoms with van der Waals surface area (Å²) < 4.78 is 24.4. The molecule has 9 heteroatoms. The highest BCUT2D eigenvalue weighted by Crippen LogP contribution is 2.21. The molecule has 0 amide bonds. The summed E-state index contributed by atoms with van der Waals surface area (Å²) >= 11 is 0. The maximum atomic E-state index is 11.0. The van der Waals surface area contributed by atoms with E-state index >= 15 is 0 Å². The number of hydrogen-bond donors (Lipinski definition) is 1. The molecule has 26 heavy (non-hydrogen) atoms. The van der Waals surface area contributed by atoms with Gasteiger partial charge >= 0.3 is 5.97 Å². The largest absolute Gasteiger partial charge is 0.464 e. The summed E-state index contributed by atoms with van der Waals surface area (Å²) in [7, 11) is 1.28. The molecule has 0 atom stereocenters. The summed E-state index contributed by atoms with van der Waals surface area (Å²) in [6, 6.07) is 10.1. The van der Waals surface area contributed by atoms with Crippen molar-refractivity contribution in [3.8, 4) is 23.0 Å². The molecule has 0 aromatic carbocycles. The molecule has 4 aromatic rings. The van der Waals surface area contributed by atoms with E-state index in [2.05, 4.69) is 15.1 Å². The third kappa shape index (κ3) is 3.90. The van der Waals surface area contributed by atoms with E-state index in [1.165, 1.54) is 19.4 Å². The molecule has 0 unspecified atom stereocenters. The molecule has 4 aromatic heterocycles. The number of furan rings is 2. The number of ether oxygens (including phenoxy) is 1. The van der Waals surface area contributed by atoms with E-state index in [4.69, 9.17) is 23.0 Å². The molecular formula is C17H14N2O7. The number of aliphatic hydroxyl groups excluding tert-OH is 1. The molecule has 0 bridgehead atoms. The van der Waals surface area contributed by atoms with Crippen molar-refractivity contribution in [2.45, 2.75) is 6.61 Å². The number of aliphatic hydroxyl groups is 1. The van der Waals surface area contributed by atoms with Gasteiger partial charge in [-0.05, 0) is 24.3 Å². The van der Waals surface area contributed by atoms with Gasteiger partial charge < -0.3 is 27.7 Å². The second-order valence-corrected chi connectivity index (χ2v) is 4.86. The third-order valence-corrected chi connectivity index (χ3v) is 3.15. The van der Waals surface area contributed by atoms with Gasteiger partial charge in [-0.3, -0.25) is 0 Å². The summed E-state index contributed by atoms with van der Waals surface area (Å²) in [4.78, 5) is 11.0. The minimum Gasteiger partial charge on any atom is -0.464 e. The number of hydrogen-bond acceptors (Lipinski definition) is 9. The Morgan fingerprint density at radius 1 is 1.00 bits per heavy atom. The zero-order valence-electron chi connectivity index (χ0n) is 13.6. The van der Waals surface area contributed by atoms with Gasteiger partial charge in [-0.15, -0.1) is 0 Å². The van der Waals surface area contributed by atoms with Crippen LogP contribution in [-0.2, 0) is 11.3 Å². The third-order valence-electron chi connectivity index (χ3n) is 3.15. The van der Waals surface area contributed by atoms with Crippen molar-refractivity contribution >= 4 is 5.97 Å². The van der Waals surface area contributed by atoms with Crippen molar-refractivity contribution in [2.24, 2.45) is 0 Å². The van der Waals surface area contributed by atoms with Gasteiger partial charge in [0.25, 0.3) is 0 Å². The van der Waals surface area contributed by atoms with Crippen LogP contribution in [0.3, 0.4) is 0 Å². The highest BCUT2D eigenvalue weighted by molar-refractivity contribution is 5.87. The summed E-state index contributed by atoms with van der Waals surface area (Å²) in [6.07, 6.45) is 3.06. The van der Waals surface area contributed by atoms with Crippen molar-refractivity contribution in [2.75, 3.05) is 7.11 Å². The molecule has 9 nitrogen and oxygen atoms in total. The number of nitrogens with zero attached hydrogens (tertiary/aromatic N) is 2. The minimum atomic E-state index is -0.536. The SMILES string of the molecule is COC(=O)c1cc(-c2ccco2)on1.OCc1cc(-c2ccco2)on1. The fraction of sp³-hybridized carbons (Fsp3) is 0.118. The Labute approximate surface area is 146 Å². The van der Waals surface area contributed by atoms with Crippen LogP contribution in [0.4, 0.5) is 0 Å². The van der Waals surface area contributed by atoms with Gasteiger partial charge in [0.15, 0.2) is 17.2 Å². The van der Waals surface area contributed by atoms with E-state index in [1.54, 1.807) is 36.6 Å². The van der Waals surface area contributed by atoms with E-state index in [1.807, 2.05) is 0 Å². The van der Waals surface area contributed by atoms with Crippen LogP contribution in [-0.4, -0.2) is 28.5 Å². The van der Waals surface area contributed by atoms with Crippen LogP contribution in [0, 0.1) is 0 Å². The highest BCUT2D eigenvalue weighted by Gasteiger charge is 2.14. The fourth-order valence-electron chi connectivity index (χ4n) is 1.93. The molecule has 0 radical (unpaired) electrons. The molecule has 0 aliphatic heterocycles. The highest BCUT2D eigenvalue weighted by atomic mass is 16.5. The monoisotopic (exact) mass is 358 g/mol. The first-order chi connectivity index (χ1) is 12.7. The number of aromatic nitrogens is 2. The van der Waals surface area contributed by atoms with Gasteiger partial charge in [-0.2, -0.15) is 0 Å². The van der Waals surface area contributed by atoms with Gasteiger partial charge in [0.05, 0.1) is 26.2 Å². The predicted molar refractivity (Wildman–Crippen MR) is 85.7 cm³/mol. The van der Waals surface area contributed by atoms with Crippen molar-refractivity contribution in [1.29, 1.82) is 0 Å². The quantitative estimate of drug-likeness (QED) is 0.547. The standard InChI is InChI=1S/C9H7NO4.C8H7NO3/c1-12-9(11)6-5-8(14-10-6)7-3-2-4-13-7;10-5-6-4-8(12-9-6)7-2-1-3-11-7/h2-5H,1H3;1-4,10H,5H2. The lowest BCUT2D eigenvalue weighted by molar-refractivity contribution is 0.0589. The van der Waals surface area contributed by atoms with Gasteiger partial charge in [-0.1, -0.05) is 10.3 Å². The van der Waals surface area contributed by atoms with Crippen LogP contribution in [0.2, 0.25) is 0 Å². The summed E-state index contributed by atoms with van der Waals surface area (Å²) in [5.41, 5.74) is 0.625. The lowest BCUT2D eigenvalue weighted by Gasteiger charge is -1.88. The molecule has 0 aliphatic carbocycles. The first-order valence-electron chi connectivity index (χ1n) is 7.40. The summed E-state index contributed by atoms with van der Waals surface area (Å²) in [5.74, 6) is 1.53. The van der Waals surface area contributed by atoms with Crippen LogP contribution in [0.15, 0.2) is 66.8 Å². The Balaban J connectivity index is 0.000000152. The van der Waals surface area contributed by atoms with Crippen LogP contribution in [0.25, 0.3) is 23.0 Å². The number of rotatable bonds is 4. The molecule has 0 saturated heterocycles. The zero-order valence-corrected chi connectivity index (χ0v) is 13.6. The molecule has 4 rings (SSSR count). The lowest BCUT2D eigenvalue weighted by atomic mass is 10.3. The minimum absolute atomic E-state index is 0.121. The van der Waals surface area contributed by atoms with E-state index in [9.17, 15) is 4.79 Å². The number of carbonyl (C=O) groups is 1. The maximum absolute atomic E-state index is 11.0. The van der Waals surface area contributed by atoms with Gasteiger partial charge in [0.1, 0.15) is 5.69 Å². The lowest BCUT2D eigenvalue weighted by Crippen LogP contribution is -2.00. The average molecular weight is 358 g/mol. The van der Waals surface area contributed by atoms with Gasteiger partial charge in [0, 0.05) is 12.1 Å². The van der Waals surface area contributed by atoms with E-state index in [-0.39, 0.29) is 12.3 Å². The summed E-state index contributed by atoms with van der Waals surface area (Å²) in [5, 5.41) is 15.8. The van der Waals surface area contributed by atoms with E-state index in [0.717, 1.165) is 0 Å². The number of methoxy groups -OCH3 is 1. The van der Waals surface area contributed by atoms with Crippen molar-refractivity contribution in [3.05, 3.63) is 60.3 Å².